The molecule has 6 N–H and O–H groups in total. The molecule has 0 amide bonds. The standard InChI is InChI=1S/C27H30N4O3/c28-27-24-22(18-10-12-21(13-11-18)34-20-7-2-1-3-8-20)16-29-25(26(24)30-31-27)19-6-4-5-17(15-19)9-14-23(32)33/h2,4-8,10,12,15,27,29-31H,1,3,9,11,13-14,16,28H2,(H,32,33). The van der Waals surface area contributed by atoms with E-state index in [-0.39, 0.29) is 12.6 Å². The van der Waals surface area contributed by atoms with E-state index in [2.05, 4.69) is 40.5 Å². The van der Waals surface area contributed by atoms with Gasteiger partial charge in [0.05, 0.1) is 11.4 Å². The molecule has 4 aliphatic rings. The summed E-state index contributed by atoms with van der Waals surface area (Å²) in [6.07, 6.45) is 14.7. The number of benzene rings is 1. The van der Waals surface area contributed by atoms with Crippen molar-refractivity contribution in [3.05, 3.63) is 99.7 Å². The molecule has 1 aromatic carbocycles. The quantitative estimate of drug-likeness (QED) is 0.425. The molecule has 176 valence electrons. The van der Waals surface area contributed by atoms with Crippen molar-refractivity contribution in [1.29, 1.82) is 0 Å². The Hall–Kier alpha value is -3.55. The molecule has 1 fully saturated rings. The van der Waals surface area contributed by atoms with Gasteiger partial charge in [-0.25, -0.2) is 5.43 Å². The number of hydrogen-bond acceptors (Lipinski definition) is 6. The Morgan fingerprint density at radius 1 is 1.18 bits per heavy atom. The zero-order valence-corrected chi connectivity index (χ0v) is 19.1. The number of hydrogen-bond donors (Lipinski definition) is 5. The second-order valence-corrected chi connectivity index (χ2v) is 8.85. The van der Waals surface area contributed by atoms with Crippen molar-refractivity contribution in [2.75, 3.05) is 6.54 Å². The Morgan fingerprint density at radius 3 is 2.85 bits per heavy atom. The minimum absolute atomic E-state index is 0.115. The van der Waals surface area contributed by atoms with E-state index >= 15 is 0 Å². The zero-order chi connectivity index (χ0) is 23.5. The van der Waals surface area contributed by atoms with Crippen LogP contribution in [0.3, 0.4) is 0 Å². The highest BCUT2D eigenvalue weighted by atomic mass is 16.5. The molecule has 0 saturated carbocycles. The van der Waals surface area contributed by atoms with Gasteiger partial charge in [0.1, 0.15) is 17.7 Å². The van der Waals surface area contributed by atoms with Crippen LogP contribution in [-0.4, -0.2) is 23.8 Å². The third-order valence-corrected chi connectivity index (χ3v) is 6.50. The number of carboxylic acids is 1. The molecule has 2 aliphatic heterocycles. The summed E-state index contributed by atoms with van der Waals surface area (Å²) in [6, 6.07) is 8.02. The number of nitrogens with two attached hydrogens (primary N) is 1. The van der Waals surface area contributed by atoms with Crippen molar-refractivity contribution in [2.24, 2.45) is 5.73 Å². The average molecular weight is 459 g/mol. The summed E-state index contributed by atoms with van der Waals surface area (Å²) in [5, 5.41) is 12.6. The topological polar surface area (TPSA) is 109 Å². The van der Waals surface area contributed by atoms with Crippen molar-refractivity contribution >= 4 is 11.7 Å². The van der Waals surface area contributed by atoms with Crippen molar-refractivity contribution in [1.82, 2.24) is 16.2 Å². The van der Waals surface area contributed by atoms with E-state index in [1.165, 1.54) is 11.1 Å². The number of aliphatic carboxylic acids is 1. The summed E-state index contributed by atoms with van der Waals surface area (Å²) in [5.74, 6) is 1.13. The van der Waals surface area contributed by atoms with E-state index in [1.54, 1.807) is 0 Å². The molecule has 1 aromatic rings. The maximum absolute atomic E-state index is 11.0. The van der Waals surface area contributed by atoms with Crippen molar-refractivity contribution in [2.45, 2.75) is 44.7 Å². The summed E-state index contributed by atoms with van der Waals surface area (Å²) in [5.41, 5.74) is 20.4. The first-order valence-electron chi connectivity index (χ1n) is 11.8. The fraction of sp³-hybridized carbons (Fsp3) is 0.296. The molecule has 2 heterocycles. The second kappa shape index (κ2) is 9.75. The zero-order valence-electron chi connectivity index (χ0n) is 19.1. The summed E-state index contributed by atoms with van der Waals surface area (Å²) >= 11 is 0. The van der Waals surface area contributed by atoms with Gasteiger partial charge in [-0.3, -0.25) is 4.79 Å². The number of rotatable bonds is 7. The molecule has 1 unspecified atom stereocenters. The summed E-state index contributed by atoms with van der Waals surface area (Å²) < 4.78 is 6.06. The number of fused-ring (bicyclic) bond motifs is 1. The van der Waals surface area contributed by atoms with E-state index < -0.39 is 5.97 Å². The number of carbonyl (C=O) groups is 1. The Balaban J connectivity index is 1.42. The summed E-state index contributed by atoms with van der Waals surface area (Å²) in [4.78, 5) is 11.0. The van der Waals surface area contributed by atoms with E-state index in [0.717, 1.165) is 65.3 Å². The lowest BCUT2D eigenvalue weighted by Gasteiger charge is -2.27. The van der Waals surface area contributed by atoms with Gasteiger partial charge in [0.2, 0.25) is 0 Å². The third-order valence-electron chi connectivity index (χ3n) is 6.50. The van der Waals surface area contributed by atoms with Gasteiger partial charge in [-0.1, -0.05) is 30.4 Å². The first-order valence-corrected chi connectivity index (χ1v) is 11.8. The average Bonchev–Trinajstić information content (AvgIpc) is 3.25. The summed E-state index contributed by atoms with van der Waals surface area (Å²) in [7, 11) is 0. The number of carboxylic acid groups (broad SMARTS) is 1. The highest BCUT2D eigenvalue weighted by Crippen LogP contribution is 2.36. The first kappa shape index (κ1) is 22.3. The molecule has 7 nitrogen and oxygen atoms in total. The van der Waals surface area contributed by atoms with Gasteiger partial charge in [0.15, 0.2) is 0 Å². The van der Waals surface area contributed by atoms with Gasteiger partial charge in [-0.2, -0.15) is 0 Å². The first-order chi connectivity index (χ1) is 16.6. The predicted molar refractivity (Wildman–Crippen MR) is 132 cm³/mol. The van der Waals surface area contributed by atoms with Crippen LogP contribution in [0, 0.1) is 0 Å². The molecule has 5 rings (SSSR count). The van der Waals surface area contributed by atoms with Crippen LogP contribution in [0.2, 0.25) is 0 Å². The van der Waals surface area contributed by atoms with Gasteiger partial charge in [0, 0.05) is 30.5 Å². The smallest absolute Gasteiger partial charge is 0.303 e. The minimum atomic E-state index is -0.791. The highest BCUT2D eigenvalue weighted by Gasteiger charge is 2.33. The van der Waals surface area contributed by atoms with Crippen LogP contribution in [0.5, 0.6) is 0 Å². The number of nitrogens with one attached hydrogen (secondary N) is 3. The van der Waals surface area contributed by atoms with Crippen LogP contribution < -0.4 is 21.9 Å². The van der Waals surface area contributed by atoms with E-state index in [0.29, 0.717) is 13.0 Å². The molecule has 0 aromatic heterocycles. The Bertz CT molecular complexity index is 1190. The normalized spacial score (nSPS) is 21.8. The van der Waals surface area contributed by atoms with Gasteiger partial charge in [0.25, 0.3) is 0 Å². The molecular weight excluding hydrogens is 428 g/mol. The lowest BCUT2D eigenvalue weighted by atomic mass is 9.87. The van der Waals surface area contributed by atoms with E-state index in [4.69, 9.17) is 15.6 Å². The maximum Gasteiger partial charge on any atom is 0.303 e. The maximum atomic E-state index is 11.0. The minimum Gasteiger partial charge on any atom is -0.481 e. The molecule has 1 saturated heterocycles. The second-order valence-electron chi connectivity index (χ2n) is 8.85. The molecular formula is C27H30N4O3. The van der Waals surface area contributed by atoms with Crippen LogP contribution in [0.15, 0.2) is 88.6 Å². The highest BCUT2D eigenvalue weighted by molar-refractivity contribution is 5.76. The molecule has 34 heavy (non-hydrogen) atoms. The Labute approximate surface area is 199 Å². The number of hydrazine groups is 1. The van der Waals surface area contributed by atoms with Gasteiger partial charge in [-0.15, -0.1) is 0 Å². The van der Waals surface area contributed by atoms with Crippen LogP contribution in [-0.2, 0) is 16.0 Å². The Kier molecular flexibility index (Phi) is 6.38. The van der Waals surface area contributed by atoms with Crippen molar-refractivity contribution in [3.63, 3.8) is 0 Å². The Morgan fingerprint density at radius 2 is 2.09 bits per heavy atom. The lowest BCUT2D eigenvalue weighted by Crippen LogP contribution is -2.37. The lowest BCUT2D eigenvalue weighted by molar-refractivity contribution is -0.136. The number of aryl methyl sites for hydroxylation is 1. The monoisotopic (exact) mass is 458 g/mol. The SMILES string of the molecule is NC1NNC2=C(c3cccc(CCC(=O)O)c3)NCC(C3=CC=C(OC4=CCCC=C4)CC3)=C21. The van der Waals surface area contributed by atoms with Crippen molar-refractivity contribution < 1.29 is 14.6 Å². The molecule has 0 radical (unpaired) electrons. The fourth-order valence-electron chi connectivity index (χ4n) is 4.78. The third kappa shape index (κ3) is 4.71. The van der Waals surface area contributed by atoms with Crippen molar-refractivity contribution in [3.8, 4) is 0 Å². The molecule has 1 atom stereocenters. The number of ether oxygens (including phenoxy) is 1. The summed E-state index contributed by atoms with van der Waals surface area (Å²) in [6.45, 7) is 0.675. The largest absolute Gasteiger partial charge is 0.481 e. The molecule has 7 heteroatoms. The van der Waals surface area contributed by atoms with Crippen LogP contribution in [0.4, 0.5) is 0 Å². The fourth-order valence-corrected chi connectivity index (χ4v) is 4.78. The van der Waals surface area contributed by atoms with Gasteiger partial charge >= 0.3 is 5.97 Å². The van der Waals surface area contributed by atoms with E-state index in [9.17, 15) is 4.79 Å². The predicted octanol–water partition coefficient (Wildman–Crippen LogP) is 3.52. The van der Waals surface area contributed by atoms with Crippen LogP contribution in [0.1, 0.15) is 43.2 Å². The number of dihydropyridines is 1. The number of allylic oxidation sites excluding steroid dienone is 6. The van der Waals surface area contributed by atoms with Gasteiger partial charge < -0.3 is 26.3 Å². The van der Waals surface area contributed by atoms with E-state index in [1.807, 2.05) is 30.3 Å². The van der Waals surface area contributed by atoms with Crippen LogP contribution in [0.25, 0.3) is 5.70 Å². The van der Waals surface area contributed by atoms with Crippen LogP contribution >= 0.6 is 0 Å². The molecule has 2 aliphatic carbocycles. The molecule has 0 spiro atoms. The van der Waals surface area contributed by atoms with Gasteiger partial charge in [-0.05, 0) is 66.7 Å². The molecule has 0 bridgehead atoms.